The van der Waals surface area contributed by atoms with Gasteiger partial charge in [0.05, 0.1) is 24.4 Å². The van der Waals surface area contributed by atoms with E-state index in [1.165, 1.54) is 0 Å². The minimum absolute atomic E-state index is 0.153. The van der Waals surface area contributed by atoms with Gasteiger partial charge in [-0.1, -0.05) is 42.5 Å². The Kier molecular flexibility index (Phi) is 9.15. The van der Waals surface area contributed by atoms with Crippen LogP contribution in [0.5, 0.6) is 0 Å². The van der Waals surface area contributed by atoms with Crippen molar-refractivity contribution in [3.05, 3.63) is 100 Å². The first-order valence-corrected chi connectivity index (χ1v) is 14.5. The number of piperazine rings is 1. The van der Waals surface area contributed by atoms with Gasteiger partial charge in [0.25, 0.3) is 0 Å². The Bertz CT molecular complexity index is 1490. The van der Waals surface area contributed by atoms with Gasteiger partial charge in [-0.2, -0.15) is 0 Å². The average Bonchev–Trinajstić information content (AvgIpc) is 3.43. The summed E-state index contributed by atoms with van der Waals surface area (Å²) in [5.41, 5.74) is 7.05. The molecule has 5 rings (SSSR count). The normalized spacial score (nSPS) is 16.0. The van der Waals surface area contributed by atoms with Gasteiger partial charge in [0, 0.05) is 50.5 Å². The monoisotopic (exact) mass is 566 g/mol. The summed E-state index contributed by atoms with van der Waals surface area (Å²) < 4.78 is 5.14. The third kappa shape index (κ3) is 6.61. The minimum Gasteiger partial charge on any atom is -0.462 e. The van der Waals surface area contributed by atoms with Gasteiger partial charge in [-0.25, -0.2) is 4.79 Å². The zero-order chi connectivity index (χ0) is 29.6. The molecule has 2 aliphatic rings. The Morgan fingerprint density at radius 2 is 1.64 bits per heavy atom. The van der Waals surface area contributed by atoms with E-state index in [4.69, 9.17) is 4.74 Å². The summed E-state index contributed by atoms with van der Waals surface area (Å²) in [5.74, 6) is -0.237. The lowest BCUT2D eigenvalue weighted by molar-refractivity contribution is -0.133. The number of hydrogen-bond donors (Lipinski definition) is 1. The van der Waals surface area contributed by atoms with Gasteiger partial charge in [0.2, 0.25) is 5.91 Å². The Hall–Kier alpha value is -4.27. The molecule has 1 fully saturated rings. The number of aryl methyl sites for hydroxylation is 1. The van der Waals surface area contributed by atoms with E-state index in [9.17, 15) is 14.4 Å². The number of allylic oxidation sites excluding steroid dienone is 1. The standard InChI is InChI=1S/C34H38N4O4/c1-4-42-34(41)26-11-13-30(24(2)18-26)31(23-39)33(25-8-6-5-7-9-25)35-29-12-10-27-20-38(21-28(27)19-29)32(40)22-37-16-14-36(3)15-17-37/h5-13,18-19,23,35H,4,14-17,20-22H2,1-3H3/b33-31+. The zero-order valence-electron chi connectivity index (χ0n) is 24.6. The number of fused-ring (bicyclic) bond motifs is 1. The number of carbonyl (C=O) groups is 3. The van der Waals surface area contributed by atoms with Crippen LogP contribution in [0.4, 0.5) is 5.69 Å². The Morgan fingerprint density at radius 3 is 2.33 bits per heavy atom. The van der Waals surface area contributed by atoms with E-state index in [1.807, 2.05) is 48.2 Å². The lowest BCUT2D eigenvalue weighted by atomic mass is 9.95. The highest BCUT2D eigenvalue weighted by Gasteiger charge is 2.26. The maximum Gasteiger partial charge on any atom is 0.338 e. The first-order chi connectivity index (χ1) is 20.4. The van der Waals surface area contributed by atoms with Crippen LogP contribution in [0.3, 0.4) is 0 Å². The lowest BCUT2D eigenvalue weighted by Crippen LogP contribution is -2.48. The largest absolute Gasteiger partial charge is 0.462 e. The highest BCUT2D eigenvalue weighted by Crippen LogP contribution is 2.32. The van der Waals surface area contributed by atoms with Crippen molar-refractivity contribution in [1.82, 2.24) is 14.7 Å². The zero-order valence-corrected chi connectivity index (χ0v) is 24.6. The predicted octanol–water partition coefficient (Wildman–Crippen LogP) is 4.44. The number of amides is 1. The molecule has 42 heavy (non-hydrogen) atoms. The van der Waals surface area contributed by atoms with Crippen LogP contribution in [-0.4, -0.2) is 79.2 Å². The highest BCUT2D eigenvalue weighted by atomic mass is 16.5. The van der Waals surface area contributed by atoms with Crippen LogP contribution in [0.1, 0.15) is 45.1 Å². The van der Waals surface area contributed by atoms with Crippen molar-refractivity contribution in [3.8, 4) is 0 Å². The lowest BCUT2D eigenvalue weighted by Gasteiger charge is -2.32. The number of carbonyl (C=O) groups excluding carboxylic acids is 3. The molecule has 8 nitrogen and oxygen atoms in total. The molecule has 2 aliphatic heterocycles. The summed E-state index contributed by atoms with van der Waals surface area (Å²) in [6, 6.07) is 21.1. The summed E-state index contributed by atoms with van der Waals surface area (Å²) in [4.78, 5) is 44.5. The molecular weight excluding hydrogens is 528 g/mol. The maximum atomic E-state index is 13.1. The van der Waals surface area contributed by atoms with Crippen LogP contribution in [0.25, 0.3) is 11.3 Å². The number of likely N-dealkylation sites (N-methyl/N-ethyl adjacent to an activating group) is 1. The van der Waals surface area contributed by atoms with Crippen LogP contribution >= 0.6 is 0 Å². The topological polar surface area (TPSA) is 82.2 Å². The van der Waals surface area contributed by atoms with Crippen LogP contribution in [0, 0.1) is 6.92 Å². The van der Waals surface area contributed by atoms with Gasteiger partial charge in [-0.15, -0.1) is 0 Å². The number of ether oxygens (including phenoxy) is 1. The molecule has 1 amide bonds. The first-order valence-electron chi connectivity index (χ1n) is 14.5. The third-order valence-electron chi connectivity index (χ3n) is 7.98. The minimum atomic E-state index is -0.389. The van der Waals surface area contributed by atoms with Gasteiger partial charge < -0.3 is 19.9 Å². The van der Waals surface area contributed by atoms with Crippen molar-refractivity contribution in [3.63, 3.8) is 0 Å². The molecule has 8 heteroatoms. The van der Waals surface area contributed by atoms with E-state index in [0.717, 1.165) is 66.0 Å². The summed E-state index contributed by atoms with van der Waals surface area (Å²) in [5, 5.41) is 3.51. The van der Waals surface area contributed by atoms with Crippen LogP contribution in [0.15, 0.2) is 66.7 Å². The molecule has 0 aromatic heterocycles. The van der Waals surface area contributed by atoms with Gasteiger partial charge in [-0.3, -0.25) is 14.5 Å². The molecule has 3 aromatic rings. The highest BCUT2D eigenvalue weighted by molar-refractivity contribution is 6.19. The molecule has 0 bridgehead atoms. The van der Waals surface area contributed by atoms with Crippen molar-refractivity contribution >= 4 is 35.1 Å². The number of esters is 1. The van der Waals surface area contributed by atoms with Crippen LogP contribution < -0.4 is 5.32 Å². The van der Waals surface area contributed by atoms with Crippen molar-refractivity contribution in [2.45, 2.75) is 26.9 Å². The first kappa shape index (κ1) is 29.2. The summed E-state index contributed by atoms with van der Waals surface area (Å²) in [6.45, 7) is 9.36. The van der Waals surface area contributed by atoms with Crippen molar-refractivity contribution in [2.24, 2.45) is 0 Å². The van der Waals surface area contributed by atoms with E-state index < -0.39 is 0 Å². The summed E-state index contributed by atoms with van der Waals surface area (Å²) in [7, 11) is 2.11. The maximum absolute atomic E-state index is 13.1. The van der Waals surface area contributed by atoms with Gasteiger partial charge in [0.1, 0.15) is 0 Å². The Balaban J connectivity index is 1.40. The van der Waals surface area contributed by atoms with E-state index in [-0.39, 0.29) is 11.9 Å². The molecule has 3 aromatic carbocycles. The number of nitrogens with zero attached hydrogens (tertiary/aromatic N) is 3. The fourth-order valence-electron chi connectivity index (χ4n) is 5.55. The number of rotatable bonds is 9. The van der Waals surface area contributed by atoms with Crippen LogP contribution in [-0.2, 0) is 27.4 Å². The van der Waals surface area contributed by atoms with Crippen molar-refractivity contribution < 1.29 is 19.1 Å². The second-order valence-corrected chi connectivity index (χ2v) is 11.0. The van der Waals surface area contributed by atoms with Crippen LogP contribution in [0.2, 0.25) is 0 Å². The van der Waals surface area contributed by atoms with E-state index in [1.54, 1.807) is 25.1 Å². The van der Waals surface area contributed by atoms with E-state index >= 15 is 0 Å². The number of hydrogen-bond acceptors (Lipinski definition) is 7. The molecule has 1 N–H and O–H groups in total. The van der Waals surface area contributed by atoms with Crippen molar-refractivity contribution in [2.75, 3.05) is 51.7 Å². The molecule has 0 atom stereocenters. The smallest absolute Gasteiger partial charge is 0.338 e. The third-order valence-corrected chi connectivity index (χ3v) is 7.98. The second kappa shape index (κ2) is 13.1. The average molecular weight is 567 g/mol. The molecule has 0 aliphatic carbocycles. The molecule has 1 saturated heterocycles. The molecule has 0 radical (unpaired) electrons. The Labute approximate surface area is 247 Å². The summed E-state index contributed by atoms with van der Waals surface area (Å²) in [6.07, 6.45) is 0.855. The number of benzene rings is 3. The second-order valence-electron chi connectivity index (χ2n) is 11.0. The molecule has 0 unspecified atom stereocenters. The molecule has 218 valence electrons. The molecule has 0 saturated carbocycles. The summed E-state index contributed by atoms with van der Waals surface area (Å²) >= 11 is 0. The number of nitrogens with one attached hydrogen (secondary N) is 1. The van der Waals surface area contributed by atoms with Gasteiger partial charge in [-0.05, 0) is 73.0 Å². The fourth-order valence-corrected chi connectivity index (χ4v) is 5.55. The van der Waals surface area contributed by atoms with Gasteiger partial charge >= 0.3 is 5.97 Å². The molecule has 2 heterocycles. The predicted molar refractivity (Wildman–Crippen MR) is 165 cm³/mol. The molecule has 0 spiro atoms. The quantitative estimate of drug-likeness (QED) is 0.178. The van der Waals surface area contributed by atoms with E-state index in [2.05, 4.69) is 34.3 Å². The number of aldehydes is 1. The molecular formula is C34H38N4O4. The van der Waals surface area contributed by atoms with Crippen molar-refractivity contribution in [1.29, 1.82) is 0 Å². The van der Waals surface area contributed by atoms with Gasteiger partial charge in [0.15, 0.2) is 6.29 Å². The number of anilines is 1. The SMILES string of the molecule is CCOC(=O)c1ccc(/C(C=O)=C(/Nc2ccc3c(c2)CN(C(=O)CN2CCN(C)CC2)C3)c2ccccc2)c(C)c1. The Morgan fingerprint density at radius 1 is 0.905 bits per heavy atom. The fraction of sp³-hybridized carbons (Fsp3) is 0.324. The van der Waals surface area contributed by atoms with E-state index in [0.29, 0.717) is 43.1 Å².